The van der Waals surface area contributed by atoms with E-state index in [9.17, 15) is 0 Å². The fraction of sp³-hybridized carbons (Fsp3) is 0.125. The molecule has 0 radical (unpaired) electrons. The Bertz CT molecular complexity index is 1200. The quantitative estimate of drug-likeness (QED) is 0.426. The van der Waals surface area contributed by atoms with Crippen molar-refractivity contribution in [1.82, 2.24) is 19.9 Å². The number of hydrogen-bond acceptors (Lipinski definition) is 3. The third kappa shape index (κ3) is 3.69. The van der Waals surface area contributed by atoms with E-state index in [0.717, 1.165) is 28.5 Å². The van der Waals surface area contributed by atoms with Crippen LogP contribution in [0.2, 0.25) is 5.02 Å². The van der Waals surface area contributed by atoms with Gasteiger partial charge in [-0.05, 0) is 79.3 Å². The monoisotopic (exact) mass is 445 g/mol. The number of pyridine rings is 2. The number of nitrogens with one attached hydrogen (secondary N) is 1. The molecule has 154 valence electrons. The summed E-state index contributed by atoms with van der Waals surface area (Å²) in [5.41, 5.74) is 4.08. The molecular weight excluding hydrogens is 426 g/mol. The topological polar surface area (TPSA) is 46.0 Å². The standard InChI is InChI=1S/C24H20ClN5S/c1-16-7-12-21(27-15-16)29-14-4-6-20(29)23-22(19-5-2-3-13-26-19)28-24(31)30(23)18-10-8-17(25)9-11-18/h2-15,22-23H,1H3,(H,28,31)/t22-,23-/m0/s1. The van der Waals surface area contributed by atoms with Crippen LogP contribution in [0.5, 0.6) is 0 Å². The van der Waals surface area contributed by atoms with Gasteiger partial charge in [0.15, 0.2) is 5.11 Å². The van der Waals surface area contributed by atoms with Gasteiger partial charge in [0.2, 0.25) is 0 Å². The molecule has 0 saturated carbocycles. The number of benzene rings is 1. The van der Waals surface area contributed by atoms with Crippen molar-refractivity contribution < 1.29 is 0 Å². The summed E-state index contributed by atoms with van der Waals surface area (Å²) in [5, 5.41) is 4.82. The zero-order valence-electron chi connectivity index (χ0n) is 16.8. The van der Waals surface area contributed by atoms with Crippen LogP contribution in [0, 0.1) is 6.92 Å². The summed E-state index contributed by atoms with van der Waals surface area (Å²) < 4.78 is 2.11. The molecule has 4 aromatic rings. The summed E-state index contributed by atoms with van der Waals surface area (Å²) in [7, 11) is 0. The number of hydrogen-bond donors (Lipinski definition) is 1. The summed E-state index contributed by atoms with van der Waals surface area (Å²) >= 11 is 11.9. The highest BCUT2D eigenvalue weighted by molar-refractivity contribution is 7.80. The molecule has 1 saturated heterocycles. The number of aryl methyl sites for hydroxylation is 1. The lowest BCUT2D eigenvalue weighted by atomic mass is 10.0. The Labute approximate surface area is 191 Å². The van der Waals surface area contributed by atoms with Crippen molar-refractivity contribution in [1.29, 1.82) is 0 Å². The van der Waals surface area contributed by atoms with Crippen LogP contribution in [0.3, 0.4) is 0 Å². The largest absolute Gasteiger partial charge is 0.351 e. The van der Waals surface area contributed by atoms with Gasteiger partial charge in [0, 0.05) is 35.0 Å². The van der Waals surface area contributed by atoms with Gasteiger partial charge in [-0.3, -0.25) is 4.98 Å². The highest BCUT2D eigenvalue weighted by Crippen LogP contribution is 2.42. The van der Waals surface area contributed by atoms with Crippen LogP contribution in [0.25, 0.3) is 5.82 Å². The van der Waals surface area contributed by atoms with Crippen molar-refractivity contribution >= 4 is 34.6 Å². The lowest BCUT2D eigenvalue weighted by molar-refractivity contribution is 0.548. The minimum atomic E-state index is -0.123. The van der Waals surface area contributed by atoms with Gasteiger partial charge in [-0.15, -0.1) is 0 Å². The van der Waals surface area contributed by atoms with Gasteiger partial charge in [0.25, 0.3) is 0 Å². The van der Waals surface area contributed by atoms with Crippen molar-refractivity contribution in [3.05, 3.63) is 107 Å². The van der Waals surface area contributed by atoms with Crippen LogP contribution >= 0.6 is 23.8 Å². The molecule has 1 N–H and O–H groups in total. The fourth-order valence-corrected chi connectivity index (χ4v) is 4.45. The number of anilines is 1. The molecule has 31 heavy (non-hydrogen) atoms. The highest BCUT2D eigenvalue weighted by atomic mass is 35.5. The lowest BCUT2D eigenvalue weighted by Gasteiger charge is -2.28. The Balaban J connectivity index is 1.66. The van der Waals surface area contributed by atoms with Gasteiger partial charge in [-0.1, -0.05) is 23.7 Å². The van der Waals surface area contributed by atoms with E-state index < -0.39 is 0 Å². The summed E-state index contributed by atoms with van der Waals surface area (Å²) in [5.74, 6) is 0.860. The molecule has 1 aliphatic heterocycles. The van der Waals surface area contributed by atoms with E-state index >= 15 is 0 Å². The minimum Gasteiger partial charge on any atom is -0.351 e. The molecule has 0 unspecified atom stereocenters. The van der Waals surface area contributed by atoms with Gasteiger partial charge in [0.05, 0.1) is 11.7 Å². The van der Waals surface area contributed by atoms with E-state index in [1.807, 2.05) is 80.1 Å². The molecule has 1 aromatic carbocycles. The first-order chi connectivity index (χ1) is 15.1. The number of nitrogens with zero attached hydrogens (tertiary/aromatic N) is 4. The third-order valence-corrected chi connectivity index (χ3v) is 6.00. The second kappa shape index (κ2) is 8.13. The fourth-order valence-electron chi connectivity index (χ4n) is 3.98. The molecule has 5 nitrogen and oxygen atoms in total. The Morgan fingerprint density at radius 2 is 1.81 bits per heavy atom. The molecule has 1 aliphatic rings. The van der Waals surface area contributed by atoms with Crippen molar-refractivity contribution in [2.45, 2.75) is 19.0 Å². The first kappa shape index (κ1) is 19.7. The molecule has 0 aliphatic carbocycles. The number of halogens is 1. The van der Waals surface area contributed by atoms with Crippen molar-refractivity contribution in [3.8, 4) is 5.82 Å². The molecule has 3 aromatic heterocycles. The van der Waals surface area contributed by atoms with Crippen molar-refractivity contribution in [2.75, 3.05) is 4.90 Å². The molecule has 2 atom stereocenters. The smallest absolute Gasteiger partial charge is 0.174 e. The van der Waals surface area contributed by atoms with E-state index in [0.29, 0.717) is 10.1 Å². The Morgan fingerprint density at radius 1 is 0.968 bits per heavy atom. The van der Waals surface area contributed by atoms with Gasteiger partial charge < -0.3 is 14.8 Å². The average Bonchev–Trinajstić information content (AvgIpc) is 3.40. The predicted molar refractivity (Wildman–Crippen MR) is 128 cm³/mol. The van der Waals surface area contributed by atoms with Crippen LogP contribution in [-0.2, 0) is 0 Å². The Morgan fingerprint density at radius 3 is 2.52 bits per heavy atom. The lowest BCUT2D eigenvalue weighted by Crippen LogP contribution is -2.30. The number of aromatic nitrogens is 3. The van der Waals surface area contributed by atoms with Crippen molar-refractivity contribution in [3.63, 3.8) is 0 Å². The summed E-state index contributed by atoms with van der Waals surface area (Å²) in [6, 6.07) is 21.7. The van der Waals surface area contributed by atoms with Gasteiger partial charge in [-0.2, -0.15) is 0 Å². The molecule has 0 amide bonds. The molecular formula is C24H20ClN5S. The Hall–Kier alpha value is -3.22. The predicted octanol–water partition coefficient (Wildman–Crippen LogP) is 5.41. The second-order valence-corrected chi connectivity index (χ2v) is 8.29. The normalized spacial score (nSPS) is 18.3. The first-order valence-electron chi connectivity index (χ1n) is 9.98. The molecule has 4 heterocycles. The van der Waals surface area contributed by atoms with Gasteiger partial charge >= 0.3 is 0 Å². The minimum absolute atomic E-state index is 0.122. The maximum absolute atomic E-state index is 6.14. The SMILES string of the molecule is Cc1ccc(-n2cccc2[C@H]2[C@H](c3ccccn3)NC(=S)N2c2ccc(Cl)cc2)nc1. The maximum Gasteiger partial charge on any atom is 0.174 e. The molecule has 7 heteroatoms. The summed E-state index contributed by atoms with van der Waals surface area (Å²) in [6.07, 6.45) is 5.72. The van der Waals surface area contributed by atoms with Crippen LogP contribution in [0.4, 0.5) is 5.69 Å². The third-order valence-electron chi connectivity index (χ3n) is 5.43. The Kier molecular flexibility index (Phi) is 5.18. The van der Waals surface area contributed by atoms with Crippen LogP contribution in [0.1, 0.15) is 29.0 Å². The zero-order valence-corrected chi connectivity index (χ0v) is 18.4. The molecule has 0 bridgehead atoms. The van der Waals surface area contributed by atoms with Crippen LogP contribution in [-0.4, -0.2) is 19.6 Å². The zero-order chi connectivity index (χ0) is 21.4. The molecule has 0 spiro atoms. The second-order valence-electron chi connectivity index (χ2n) is 7.47. The van der Waals surface area contributed by atoms with Gasteiger partial charge in [-0.25, -0.2) is 4.98 Å². The highest BCUT2D eigenvalue weighted by Gasteiger charge is 2.42. The van der Waals surface area contributed by atoms with E-state index in [1.165, 1.54) is 0 Å². The summed E-state index contributed by atoms with van der Waals surface area (Å²) in [4.78, 5) is 11.4. The van der Waals surface area contributed by atoms with Crippen LogP contribution in [0.15, 0.2) is 85.3 Å². The molecule has 5 rings (SSSR count). The van der Waals surface area contributed by atoms with Crippen LogP contribution < -0.4 is 10.2 Å². The summed E-state index contributed by atoms with van der Waals surface area (Å²) in [6.45, 7) is 2.03. The van der Waals surface area contributed by atoms with Gasteiger partial charge in [0.1, 0.15) is 11.9 Å². The van der Waals surface area contributed by atoms with E-state index in [1.54, 1.807) is 0 Å². The van der Waals surface area contributed by atoms with E-state index in [2.05, 4.69) is 36.9 Å². The average molecular weight is 446 g/mol. The number of rotatable bonds is 4. The first-order valence-corrected chi connectivity index (χ1v) is 10.8. The maximum atomic E-state index is 6.14. The van der Waals surface area contributed by atoms with E-state index in [-0.39, 0.29) is 12.1 Å². The molecule has 1 fully saturated rings. The van der Waals surface area contributed by atoms with E-state index in [4.69, 9.17) is 23.8 Å². The van der Waals surface area contributed by atoms with Crippen molar-refractivity contribution in [2.24, 2.45) is 0 Å². The number of thiocarbonyl (C=S) groups is 1.